The van der Waals surface area contributed by atoms with Crippen LogP contribution >= 0.6 is 0 Å². The van der Waals surface area contributed by atoms with Gasteiger partial charge in [-0.2, -0.15) is 5.26 Å². The van der Waals surface area contributed by atoms with E-state index in [2.05, 4.69) is 9.97 Å². The third-order valence-electron chi connectivity index (χ3n) is 1.97. The first-order chi connectivity index (χ1) is 6.86. The highest BCUT2D eigenvalue weighted by atomic mass is 32.2. The first kappa shape index (κ1) is 11.4. The average Bonchev–Trinajstić information content (AvgIpc) is 2.15. The lowest BCUT2D eigenvalue weighted by Crippen LogP contribution is -2.19. The Bertz CT molecular complexity index is 568. The summed E-state index contributed by atoms with van der Waals surface area (Å²) < 4.78 is 22.3. The minimum atomic E-state index is -3.31. The van der Waals surface area contributed by atoms with Gasteiger partial charge >= 0.3 is 0 Å². The number of hydrogen-bond acceptors (Lipinski definition) is 5. The van der Waals surface area contributed by atoms with Crippen LogP contribution in [0.5, 0.6) is 0 Å². The molecule has 80 valence electrons. The zero-order chi connectivity index (χ0) is 11.6. The molecule has 0 aliphatic carbocycles. The van der Waals surface area contributed by atoms with Gasteiger partial charge in [-0.25, -0.2) is 13.4 Å². The molecule has 0 fully saturated rings. The molecule has 1 N–H and O–H groups in total. The molecule has 15 heavy (non-hydrogen) atoms. The number of sulfone groups is 1. The molecule has 0 radical (unpaired) electrons. The Morgan fingerprint density at radius 3 is 2.60 bits per heavy atom. The predicted molar refractivity (Wildman–Crippen MR) is 52.8 cm³/mol. The molecule has 1 unspecified atom stereocenters. The van der Waals surface area contributed by atoms with Crippen LogP contribution in [0.4, 0.5) is 0 Å². The van der Waals surface area contributed by atoms with Crippen molar-refractivity contribution in [2.45, 2.75) is 12.2 Å². The smallest absolute Gasteiger partial charge is 0.268 e. The van der Waals surface area contributed by atoms with Gasteiger partial charge in [-0.05, 0) is 6.92 Å². The minimum absolute atomic E-state index is 0.0431. The number of nitrogens with one attached hydrogen (secondary N) is 1. The first-order valence-corrected chi connectivity index (χ1v) is 6.00. The summed E-state index contributed by atoms with van der Waals surface area (Å²) in [5.74, 6) is 0.0431. The molecule has 0 aliphatic rings. The Hall–Kier alpha value is -1.68. The van der Waals surface area contributed by atoms with Crippen LogP contribution in [0.15, 0.2) is 11.0 Å². The van der Waals surface area contributed by atoms with Crippen molar-refractivity contribution in [3.8, 4) is 6.07 Å². The molecule has 1 heterocycles. The first-order valence-electron chi connectivity index (χ1n) is 4.04. The zero-order valence-electron chi connectivity index (χ0n) is 8.18. The fraction of sp³-hybridized carbons (Fsp3) is 0.375. The Morgan fingerprint density at radius 2 is 2.20 bits per heavy atom. The molecule has 1 atom stereocenters. The van der Waals surface area contributed by atoms with E-state index >= 15 is 0 Å². The lowest BCUT2D eigenvalue weighted by atomic mass is 10.3. The summed E-state index contributed by atoms with van der Waals surface area (Å²) >= 11 is 0. The van der Waals surface area contributed by atoms with Crippen LogP contribution in [-0.4, -0.2) is 24.6 Å². The highest BCUT2D eigenvalue weighted by Gasteiger charge is 2.19. The summed E-state index contributed by atoms with van der Waals surface area (Å²) in [6.07, 6.45) is 2.12. The van der Waals surface area contributed by atoms with E-state index < -0.39 is 20.6 Å². The maximum atomic E-state index is 11.2. The molecule has 7 heteroatoms. The van der Waals surface area contributed by atoms with Gasteiger partial charge in [-0.3, -0.25) is 4.79 Å². The molecular weight excluding hydrogens is 218 g/mol. The number of hydrogen-bond donors (Lipinski definition) is 1. The highest BCUT2D eigenvalue weighted by Crippen LogP contribution is 2.14. The Kier molecular flexibility index (Phi) is 2.90. The fourth-order valence-corrected chi connectivity index (χ4v) is 1.42. The van der Waals surface area contributed by atoms with Crippen LogP contribution in [0.25, 0.3) is 0 Å². The van der Waals surface area contributed by atoms with Crippen LogP contribution in [0.1, 0.15) is 23.6 Å². The number of aromatic amines is 1. The van der Waals surface area contributed by atoms with Crippen molar-refractivity contribution in [2.75, 3.05) is 6.26 Å². The average molecular weight is 227 g/mol. The SMILES string of the molecule is CC(c1ncc(C#N)c(=O)[nH]1)S(C)(=O)=O. The number of H-pyrrole nitrogens is 1. The van der Waals surface area contributed by atoms with Gasteiger partial charge in [0.1, 0.15) is 22.7 Å². The monoisotopic (exact) mass is 227 g/mol. The van der Waals surface area contributed by atoms with Crippen molar-refractivity contribution < 1.29 is 8.42 Å². The van der Waals surface area contributed by atoms with Crippen molar-refractivity contribution in [1.82, 2.24) is 9.97 Å². The van der Waals surface area contributed by atoms with Crippen LogP contribution in [0.2, 0.25) is 0 Å². The van der Waals surface area contributed by atoms with Gasteiger partial charge in [0, 0.05) is 6.26 Å². The largest absolute Gasteiger partial charge is 0.308 e. The summed E-state index contributed by atoms with van der Waals surface area (Å²) in [6, 6.07) is 1.64. The summed E-state index contributed by atoms with van der Waals surface area (Å²) in [5, 5.41) is 7.59. The maximum Gasteiger partial charge on any atom is 0.268 e. The van der Waals surface area contributed by atoms with E-state index in [1.165, 1.54) is 6.92 Å². The Morgan fingerprint density at radius 1 is 1.60 bits per heavy atom. The Labute approximate surface area is 86.5 Å². The van der Waals surface area contributed by atoms with Crippen molar-refractivity contribution in [1.29, 1.82) is 5.26 Å². The van der Waals surface area contributed by atoms with E-state index in [9.17, 15) is 13.2 Å². The van der Waals surface area contributed by atoms with E-state index in [0.717, 1.165) is 12.5 Å². The molecule has 0 spiro atoms. The summed E-state index contributed by atoms with van der Waals surface area (Å²) in [6.45, 7) is 1.42. The zero-order valence-corrected chi connectivity index (χ0v) is 9.00. The standard InChI is InChI=1S/C8H9N3O3S/c1-5(15(2,13)14)7-10-4-6(3-9)8(12)11-7/h4-5H,1-2H3,(H,10,11,12). The molecule has 0 aliphatic heterocycles. The van der Waals surface area contributed by atoms with E-state index in [0.29, 0.717) is 0 Å². The number of nitriles is 1. The quantitative estimate of drug-likeness (QED) is 0.750. The van der Waals surface area contributed by atoms with E-state index in [1.54, 1.807) is 6.07 Å². The van der Waals surface area contributed by atoms with Crippen molar-refractivity contribution in [3.63, 3.8) is 0 Å². The molecule has 1 aromatic rings. The summed E-state index contributed by atoms with van der Waals surface area (Å²) in [7, 11) is -3.31. The maximum absolute atomic E-state index is 11.2. The molecule has 0 saturated heterocycles. The van der Waals surface area contributed by atoms with Crippen molar-refractivity contribution in [3.05, 3.63) is 27.9 Å². The number of aromatic nitrogens is 2. The second kappa shape index (κ2) is 3.82. The molecular formula is C8H9N3O3S. The van der Waals surface area contributed by atoms with Crippen LogP contribution in [0, 0.1) is 11.3 Å². The van der Waals surface area contributed by atoms with E-state index in [4.69, 9.17) is 5.26 Å². The van der Waals surface area contributed by atoms with Gasteiger partial charge in [0.25, 0.3) is 5.56 Å². The highest BCUT2D eigenvalue weighted by molar-refractivity contribution is 7.90. The number of rotatable bonds is 2. The Balaban J connectivity index is 3.27. The molecule has 1 aromatic heterocycles. The third-order valence-corrected chi connectivity index (χ3v) is 3.47. The van der Waals surface area contributed by atoms with Crippen LogP contribution in [-0.2, 0) is 9.84 Å². The molecule has 0 aromatic carbocycles. The molecule has 6 nitrogen and oxygen atoms in total. The molecule has 1 rings (SSSR count). The van der Waals surface area contributed by atoms with Crippen molar-refractivity contribution >= 4 is 9.84 Å². The normalized spacial score (nSPS) is 13.1. The van der Waals surface area contributed by atoms with Crippen LogP contribution < -0.4 is 5.56 Å². The minimum Gasteiger partial charge on any atom is -0.308 e. The lowest BCUT2D eigenvalue weighted by Gasteiger charge is -2.07. The molecule has 0 bridgehead atoms. The van der Waals surface area contributed by atoms with Crippen molar-refractivity contribution in [2.24, 2.45) is 0 Å². The van der Waals surface area contributed by atoms with Gasteiger partial charge in [-0.15, -0.1) is 0 Å². The predicted octanol–water partition coefficient (Wildman–Crippen LogP) is -0.253. The topological polar surface area (TPSA) is 104 Å². The third kappa shape index (κ3) is 2.41. The second-order valence-corrected chi connectivity index (χ2v) is 5.46. The second-order valence-electron chi connectivity index (χ2n) is 3.09. The van der Waals surface area contributed by atoms with Crippen LogP contribution in [0.3, 0.4) is 0 Å². The van der Waals surface area contributed by atoms with Gasteiger partial charge in [0.15, 0.2) is 9.84 Å². The van der Waals surface area contributed by atoms with Gasteiger partial charge < -0.3 is 4.98 Å². The summed E-state index contributed by atoms with van der Waals surface area (Å²) in [4.78, 5) is 17.2. The van der Waals surface area contributed by atoms with E-state index in [-0.39, 0.29) is 11.4 Å². The molecule has 0 amide bonds. The number of nitrogens with zero attached hydrogens (tertiary/aromatic N) is 2. The van der Waals surface area contributed by atoms with Gasteiger partial charge in [-0.1, -0.05) is 0 Å². The van der Waals surface area contributed by atoms with Gasteiger partial charge in [0.05, 0.1) is 6.20 Å². The summed E-state index contributed by atoms with van der Waals surface area (Å²) in [5.41, 5.74) is -0.766. The molecule has 0 saturated carbocycles. The van der Waals surface area contributed by atoms with Gasteiger partial charge in [0.2, 0.25) is 0 Å². The van der Waals surface area contributed by atoms with E-state index in [1.807, 2.05) is 0 Å². The lowest BCUT2D eigenvalue weighted by molar-refractivity contribution is 0.589. The fourth-order valence-electron chi connectivity index (χ4n) is 0.898.